The van der Waals surface area contributed by atoms with Crippen molar-refractivity contribution in [3.05, 3.63) is 81.9 Å². The highest BCUT2D eigenvalue weighted by Gasteiger charge is 2.06. The van der Waals surface area contributed by atoms with Crippen molar-refractivity contribution in [1.82, 2.24) is 4.57 Å². The number of hydrogen-bond acceptors (Lipinski definition) is 2. The van der Waals surface area contributed by atoms with Crippen molar-refractivity contribution in [1.29, 1.82) is 0 Å². The van der Waals surface area contributed by atoms with E-state index in [1.165, 1.54) is 6.07 Å². The van der Waals surface area contributed by atoms with E-state index in [4.69, 9.17) is 5.73 Å². The van der Waals surface area contributed by atoms with Crippen molar-refractivity contribution in [2.24, 2.45) is 5.73 Å². The summed E-state index contributed by atoms with van der Waals surface area (Å²) < 4.78 is 15.2. The molecule has 0 aliphatic heterocycles. The molecule has 2 N–H and O–H groups in total. The molecule has 4 heteroatoms. The fourth-order valence-electron chi connectivity index (χ4n) is 2.47. The Morgan fingerprint density at radius 3 is 2.67 bits per heavy atom. The largest absolute Gasteiger partial charge is 0.326 e. The van der Waals surface area contributed by atoms with Crippen LogP contribution in [0.25, 0.3) is 10.9 Å². The minimum atomic E-state index is -0.313. The molecule has 21 heavy (non-hydrogen) atoms. The Bertz CT molecular complexity index is 855. The summed E-state index contributed by atoms with van der Waals surface area (Å²) in [5, 5.41) is 0.998. The van der Waals surface area contributed by atoms with Crippen LogP contribution in [0.5, 0.6) is 0 Å². The molecule has 1 heterocycles. The third-order valence-corrected chi connectivity index (χ3v) is 3.57. The van der Waals surface area contributed by atoms with E-state index in [2.05, 4.69) is 0 Å². The van der Waals surface area contributed by atoms with Crippen LogP contribution < -0.4 is 11.3 Å². The molecule has 0 bridgehead atoms. The molecule has 106 valence electrons. The van der Waals surface area contributed by atoms with Crippen molar-refractivity contribution in [3.63, 3.8) is 0 Å². The van der Waals surface area contributed by atoms with Crippen LogP contribution in [0.3, 0.4) is 0 Å². The highest BCUT2D eigenvalue weighted by molar-refractivity contribution is 5.78. The highest BCUT2D eigenvalue weighted by Crippen LogP contribution is 2.15. The maximum Gasteiger partial charge on any atom is 0.251 e. The quantitative estimate of drug-likeness (QED) is 0.803. The van der Waals surface area contributed by atoms with Crippen LogP contribution in [-0.2, 0) is 13.1 Å². The number of aromatic nitrogens is 1. The van der Waals surface area contributed by atoms with E-state index < -0.39 is 0 Å². The van der Waals surface area contributed by atoms with Crippen molar-refractivity contribution in [3.8, 4) is 0 Å². The number of rotatable bonds is 3. The monoisotopic (exact) mass is 282 g/mol. The number of halogens is 1. The molecule has 2 aromatic carbocycles. The Balaban J connectivity index is 2.10. The van der Waals surface area contributed by atoms with Gasteiger partial charge < -0.3 is 10.3 Å². The molecule has 0 spiro atoms. The molecule has 3 rings (SSSR count). The van der Waals surface area contributed by atoms with E-state index in [0.717, 1.165) is 16.5 Å². The summed E-state index contributed by atoms with van der Waals surface area (Å²) in [6, 6.07) is 15.8. The second kappa shape index (κ2) is 5.50. The lowest BCUT2D eigenvalue weighted by Gasteiger charge is -2.11. The number of fused-ring (bicyclic) bond motifs is 1. The van der Waals surface area contributed by atoms with Crippen LogP contribution in [0.4, 0.5) is 4.39 Å². The normalized spacial score (nSPS) is 11.0. The first-order valence-corrected chi connectivity index (χ1v) is 6.75. The van der Waals surface area contributed by atoms with Gasteiger partial charge in [-0.2, -0.15) is 0 Å². The molecule has 0 radical (unpaired) electrons. The number of nitrogens with zero attached hydrogens (tertiary/aromatic N) is 1. The van der Waals surface area contributed by atoms with Crippen molar-refractivity contribution < 1.29 is 4.39 Å². The van der Waals surface area contributed by atoms with Crippen LogP contribution in [0.2, 0.25) is 0 Å². The fourth-order valence-corrected chi connectivity index (χ4v) is 2.47. The smallest absolute Gasteiger partial charge is 0.251 e. The van der Waals surface area contributed by atoms with Gasteiger partial charge in [-0.1, -0.05) is 24.3 Å². The highest BCUT2D eigenvalue weighted by atomic mass is 19.1. The third-order valence-electron chi connectivity index (χ3n) is 3.57. The van der Waals surface area contributed by atoms with Gasteiger partial charge in [0.05, 0.1) is 12.1 Å². The SMILES string of the molecule is NCc1cc(Cn2c(=O)ccc3ccccc32)ccc1F. The Morgan fingerprint density at radius 1 is 1.05 bits per heavy atom. The molecule has 0 saturated carbocycles. The molecule has 0 unspecified atom stereocenters. The van der Waals surface area contributed by atoms with Crippen molar-refractivity contribution >= 4 is 10.9 Å². The lowest BCUT2D eigenvalue weighted by Crippen LogP contribution is -2.20. The van der Waals surface area contributed by atoms with Gasteiger partial charge in [0.25, 0.3) is 5.56 Å². The molecule has 0 atom stereocenters. The topological polar surface area (TPSA) is 48.0 Å². The van der Waals surface area contributed by atoms with Gasteiger partial charge in [0, 0.05) is 18.2 Å². The molecule has 3 nitrogen and oxygen atoms in total. The summed E-state index contributed by atoms with van der Waals surface area (Å²) in [5.41, 5.74) is 7.63. The Hall–Kier alpha value is -2.46. The molecule has 3 aromatic rings. The van der Waals surface area contributed by atoms with Gasteiger partial charge in [-0.15, -0.1) is 0 Å². The van der Waals surface area contributed by atoms with Crippen LogP contribution >= 0.6 is 0 Å². The number of hydrogen-bond donors (Lipinski definition) is 1. The standard InChI is InChI=1S/C17H15FN2O/c18-15-7-5-12(9-14(15)10-19)11-20-16-4-2-1-3-13(16)6-8-17(20)21/h1-9H,10-11,19H2. The number of benzene rings is 2. The van der Waals surface area contributed by atoms with Gasteiger partial charge in [0.15, 0.2) is 0 Å². The molecule has 0 aliphatic carbocycles. The predicted octanol–water partition coefficient (Wildman–Crippen LogP) is 2.65. The summed E-state index contributed by atoms with van der Waals surface area (Å²) in [6.45, 7) is 0.539. The summed E-state index contributed by atoms with van der Waals surface area (Å²) in [5.74, 6) is -0.313. The molecular weight excluding hydrogens is 267 g/mol. The second-order valence-corrected chi connectivity index (χ2v) is 4.95. The first-order valence-electron chi connectivity index (χ1n) is 6.75. The average molecular weight is 282 g/mol. The molecular formula is C17H15FN2O. The van der Waals surface area contributed by atoms with Crippen LogP contribution in [0.15, 0.2) is 59.4 Å². The zero-order chi connectivity index (χ0) is 14.8. The van der Waals surface area contributed by atoms with Crippen LogP contribution in [-0.4, -0.2) is 4.57 Å². The lowest BCUT2D eigenvalue weighted by atomic mass is 10.1. The molecule has 1 aromatic heterocycles. The van der Waals surface area contributed by atoms with E-state index in [1.807, 2.05) is 30.3 Å². The van der Waals surface area contributed by atoms with Gasteiger partial charge in [-0.25, -0.2) is 4.39 Å². The zero-order valence-electron chi connectivity index (χ0n) is 11.4. The summed E-state index contributed by atoms with van der Waals surface area (Å²) in [4.78, 5) is 12.1. The van der Waals surface area contributed by atoms with E-state index in [0.29, 0.717) is 12.1 Å². The Kier molecular flexibility index (Phi) is 3.54. The van der Waals surface area contributed by atoms with Gasteiger partial charge in [-0.3, -0.25) is 4.79 Å². The first-order chi connectivity index (χ1) is 10.2. The van der Waals surface area contributed by atoms with Crippen molar-refractivity contribution in [2.45, 2.75) is 13.1 Å². The van der Waals surface area contributed by atoms with Gasteiger partial charge in [0.1, 0.15) is 5.82 Å². The van der Waals surface area contributed by atoms with E-state index in [9.17, 15) is 9.18 Å². The Labute approximate surface area is 121 Å². The molecule has 0 aliphatic rings. The third kappa shape index (κ3) is 2.58. The number of nitrogens with two attached hydrogens (primary N) is 1. The van der Waals surface area contributed by atoms with Gasteiger partial charge in [-0.05, 0) is 35.2 Å². The first kappa shape index (κ1) is 13.5. The predicted molar refractivity (Wildman–Crippen MR) is 81.6 cm³/mol. The van der Waals surface area contributed by atoms with E-state index in [-0.39, 0.29) is 17.9 Å². The summed E-state index contributed by atoms with van der Waals surface area (Å²) >= 11 is 0. The fraction of sp³-hybridized carbons (Fsp3) is 0.118. The van der Waals surface area contributed by atoms with Gasteiger partial charge >= 0.3 is 0 Å². The number of para-hydroxylation sites is 1. The minimum Gasteiger partial charge on any atom is -0.326 e. The van der Waals surface area contributed by atoms with E-state index >= 15 is 0 Å². The average Bonchev–Trinajstić information content (AvgIpc) is 2.52. The van der Waals surface area contributed by atoms with Gasteiger partial charge in [0.2, 0.25) is 0 Å². The van der Waals surface area contributed by atoms with E-state index in [1.54, 1.807) is 22.8 Å². The minimum absolute atomic E-state index is 0.0766. The maximum atomic E-state index is 13.5. The zero-order valence-corrected chi connectivity index (χ0v) is 11.4. The lowest BCUT2D eigenvalue weighted by molar-refractivity contribution is 0.608. The number of pyridine rings is 1. The molecule has 0 fully saturated rings. The summed E-state index contributed by atoms with van der Waals surface area (Å²) in [6.07, 6.45) is 0. The molecule has 0 saturated heterocycles. The van der Waals surface area contributed by atoms with Crippen LogP contribution in [0.1, 0.15) is 11.1 Å². The maximum absolute atomic E-state index is 13.5. The summed E-state index contributed by atoms with van der Waals surface area (Å²) in [7, 11) is 0. The second-order valence-electron chi connectivity index (χ2n) is 4.95. The molecule has 0 amide bonds. The van der Waals surface area contributed by atoms with Crippen molar-refractivity contribution in [2.75, 3.05) is 0 Å². The van der Waals surface area contributed by atoms with Crippen LogP contribution in [0, 0.1) is 5.82 Å². The Morgan fingerprint density at radius 2 is 1.86 bits per heavy atom.